The van der Waals surface area contributed by atoms with E-state index in [1.54, 1.807) is 12.1 Å². The Morgan fingerprint density at radius 2 is 1.65 bits per heavy atom. The first-order valence-electron chi connectivity index (χ1n) is 8.20. The van der Waals surface area contributed by atoms with Crippen molar-refractivity contribution in [3.63, 3.8) is 0 Å². The van der Waals surface area contributed by atoms with Gasteiger partial charge in [0.2, 0.25) is 10.0 Å². The lowest BCUT2D eigenvalue weighted by atomic mass is 10.1. The molecule has 0 spiro atoms. The molecule has 0 radical (unpaired) electrons. The van der Waals surface area contributed by atoms with E-state index >= 15 is 0 Å². The van der Waals surface area contributed by atoms with Crippen molar-refractivity contribution >= 4 is 16.0 Å². The number of benzene rings is 2. The number of sulfonamides is 1. The maximum Gasteiger partial charge on any atom is 0.321 e. The van der Waals surface area contributed by atoms with Gasteiger partial charge in [-0.1, -0.05) is 23.8 Å². The molecule has 140 valence electrons. The summed E-state index contributed by atoms with van der Waals surface area (Å²) in [6.45, 7) is 5.51. The van der Waals surface area contributed by atoms with Crippen LogP contribution in [-0.4, -0.2) is 34.1 Å². The van der Waals surface area contributed by atoms with Crippen LogP contribution in [0.1, 0.15) is 16.7 Å². The van der Waals surface area contributed by atoms with Crippen LogP contribution in [0.25, 0.3) is 0 Å². The Morgan fingerprint density at radius 1 is 0.962 bits per heavy atom. The molecule has 26 heavy (non-hydrogen) atoms. The minimum absolute atomic E-state index is 0.0398. The molecule has 0 amide bonds. The van der Waals surface area contributed by atoms with Crippen molar-refractivity contribution in [2.45, 2.75) is 25.7 Å². The van der Waals surface area contributed by atoms with E-state index in [-0.39, 0.29) is 18.1 Å². The van der Waals surface area contributed by atoms with Crippen LogP contribution >= 0.6 is 0 Å². The highest BCUT2D eigenvalue weighted by atomic mass is 32.2. The normalized spacial score (nSPS) is 11.2. The monoisotopic (exact) mass is 377 g/mol. The summed E-state index contributed by atoms with van der Waals surface area (Å²) < 4.78 is 37.0. The number of carbonyl (C=O) groups is 1. The van der Waals surface area contributed by atoms with Gasteiger partial charge in [-0.3, -0.25) is 4.79 Å². The average Bonchev–Trinajstić information content (AvgIpc) is 2.61. The number of hydrogen-bond acceptors (Lipinski definition) is 5. The Morgan fingerprint density at radius 3 is 2.31 bits per heavy atom. The van der Waals surface area contributed by atoms with Crippen molar-refractivity contribution in [2.24, 2.45) is 0 Å². The summed E-state index contributed by atoms with van der Waals surface area (Å²) in [6.07, 6.45) is 0. The number of esters is 1. The van der Waals surface area contributed by atoms with E-state index in [4.69, 9.17) is 9.47 Å². The Hall–Kier alpha value is -2.38. The zero-order valence-electron chi connectivity index (χ0n) is 15.1. The molecule has 0 aliphatic carbocycles. The zero-order valence-corrected chi connectivity index (χ0v) is 15.9. The number of ether oxygens (including phenoxy) is 2. The van der Waals surface area contributed by atoms with Crippen molar-refractivity contribution in [2.75, 3.05) is 19.8 Å². The summed E-state index contributed by atoms with van der Waals surface area (Å²) in [6, 6.07) is 12.3. The first-order chi connectivity index (χ1) is 12.3. The van der Waals surface area contributed by atoms with Crippen LogP contribution in [0.3, 0.4) is 0 Å². The van der Waals surface area contributed by atoms with Crippen molar-refractivity contribution in [3.05, 3.63) is 59.2 Å². The van der Waals surface area contributed by atoms with Crippen LogP contribution in [0.2, 0.25) is 0 Å². The molecule has 0 heterocycles. The van der Waals surface area contributed by atoms with Gasteiger partial charge >= 0.3 is 5.97 Å². The fourth-order valence-electron chi connectivity index (χ4n) is 2.12. The third-order valence-electron chi connectivity index (χ3n) is 3.83. The molecular weight excluding hydrogens is 354 g/mol. The minimum Gasteiger partial charge on any atom is -0.490 e. The molecule has 0 aliphatic rings. The van der Waals surface area contributed by atoms with Gasteiger partial charge in [-0.2, -0.15) is 4.72 Å². The SMILES string of the molecule is Cc1ccc(OCCOC(=O)CNS(=O)(=O)c2ccc(C)c(C)c2)cc1. The maximum atomic E-state index is 12.2. The van der Waals surface area contributed by atoms with Gasteiger partial charge in [0.1, 0.15) is 25.5 Å². The van der Waals surface area contributed by atoms with Gasteiger partial charge in [-0.25, -0.2) is 8.42 Å². The molecule has 0 fully saturated rings. The second kappa shape index (κ2) is 8.82. The number of aryl methyl sites for hydroxylation is 3. The molecule has 0 saturated carbocycles. The van der Waals surface area contributed by atoms with Gasteiger partial charge in [-0.05, 0) is 56.2 Å². The molecule has 0 bridgehead atoms. The molecular formula is C19H23NO5S. The quantitative estimate of drug-likeness (QED) is 0.565. The van der Waals surface area contributed by atoms with Gasteiger partial charge in [0.15, 0.2) is 0 Å². The number of carbonyl (C=O) groups excluding carboxylic acids is 1. The van der Waals surface area contributed by atoms with Crippen molar-refractivity contribution in [1.82, 2.24) is 4.72 Å². The van der Waals surface area contributed by atoms with E-state index in [9.17, 15) is 13.2 Å². The number of nitrogens with one attached hydrogen (secondary N) is 1. The van der Waals surface area contributed by atoms with Gasteiger partial charge in [0, 0.05) is 0 Å². The van der Waals surface area contributed by atoms with Crippen LogP contribution in [-0.2, 0) is 19.6 Å². The molecule has 2 rings (SSSR count). The van der Waals surface area contributed by atoms with E-state index in [2.05, 4.69) is 4.72 Å². The van der Waals surface area contributed by atoms with Crippen molar-refractivity contribution in [3.8, 4) is 5.75 Å². The molecule has 0 atom stereocenters. The van der Waals surface area contributed by atoms with Crippen molar-refractivity contribution in [1.29, 1.82) is 0 Å². The summed E-state index contributed by atoms with van der Waals surface area (Å²) in [7, 11) is -3.75. The minimum atomic E-state index is -3.75. The summed E-state index contributed by atoms with van der Waals surface area (Å²) in [5.41, 5.74) is 2.99. The molecule has 2 aromatic rings. The lowest BCUT2D eigenvalue weighted by Crippen LogP contribution is -2.31. The fraction of sp³-hybridized carbons (Fsp3) is 0.316. The van der Waals surface area contributed by atoms with Crippen LogP contribution in [0.4, 0.5) is 0 Å². The van der Waals surface area contributed by atoms with Gasteiger partial charge in [0.25, 0.3) is 0 Å². The van der Waals surface area contributed by atoms with Gasteiger partial charge in [0.05, 0.1) is 4.90 Å². The lowest BCUT2D eigenvalue weighted by Gasteiger charge is -2.10. The van der Waals surface area contributed by atoms with E-state index in [0.29, 0.717) is 5.75 Å². The molecule has 0 aliphatic heterocycles. The van der Waals surface area contributed by atoms with E-state index in [1.807, 2.05) is 45.0 Å². The van der Waals surface area contributed by atoms with Gasteiger partial charge in [-0.15, -0.1) is 0 Å². The highest BCUT2D eigenvalue weighted by molar-refractivity contribution is 7.89. The maximum absolute atomic E-state index is 12.2. The predicted molar refractivity (Wildman–Crippen MR) is 98.7 cm³/mol. The standard InChI is InChI=1S/C19H23NO5S/c1-14-4-7-17(8-5-14)24-10-11-25-19(21)13-20-26(22,23)18-9-6-15(2)16(3)12-18/h4-9,12,20H,10-11,13H2,1-3H3. The fourth-order valence-corrected chi connectivity index (χ4v) is 3.17. The summed E-state index contributed by atoms with van der Waals surface area (Å²) in [5, 5.41) is 0. The topological polar surface area (TPSA) is 81.7 Å². The number of hydrogen-bond donors (Lipinski definition) is 1. The highest BCUT2D eigenvalue weighted by Gasteiger charge is 2.16. The summed E-state index contributed by atoms with van der Waals surface area (Å²) in [4.78, 5) is 11.8. The smallest absolute Gasteiger partial charge is 0.321 e. The second-order valence-electron chi connectivity index (χ2n) is 5.95. The van der Waals surface area contributed by atoms with Crippen LogP contribution < -0.4 is 9.46 Å². The molecule has 0 aromatic heterocycles. The Labute approximate surface area is 154 Å². The van der Waals surface area contributed by atoms with Crippen LogP contribution in [0.15, 0.2) is 47.4 Å². The van der Waals surface area contributed by atoms with E-state index < -0.39 is 22.5 Å². The summed E-state index contributed by atoms with van der Waals surface area (Å²) >= 11 is 0. The highest BCUT2D eigenvalue weighted by Crippen LogP contribution is 2.14. The molecule has 6 nitrogen and oxygen atoms in total. The third kappa shape index (κ3) is 5.86. The van der Waals surface area contributed by atoms with Crippen LogP contribution in [0.5, 0.6) is 5.75 Å². The molecule has 7 heteroatoms. The Kier molecular flexibility index (Phi) is 6.76. The Bertz CT molecular complexity index is 860. The predicted octanol–water partition coefficient (Wildman–Crippen LogP) is 2.51. The largest absolute Gasteiger partial charge is 0.490 e. The number of rotatable bonds is 8. The van der Waals surface area contributed by atoms with E-state index in [1.165, 1.54) is 6.07 Å². The molecule has 2 aromatic carbocycles. The van der Waals surface area contributed by atoms with Gasteiger partial charge < -0.3 is 9.47 Å². The molecule has 0 saturated heterocycles. The Balaban J connectivity index is 1.75. The third-order valence-corrected chi connectivity index (χ3v) is 5.23. The zero-order chi connectivity index (χ0) is 19.2. The van der Waals surface area contributed by atoms with Crippen molar-refractivity contribution < 1.29 is 22.7 Å². The first kappa shape index (κ1) is 19.9. The first-order valence-corrected chi connectivity index (χ1v) is 9.68. The van der Waals surface area contributed by atoms with E-state index in [0.717, 1.165) is 16.7 Å². The second-order valence-corrected chi connectivity index (χ2v) is 7.72. The van der Waals surface area contributed by atoms with Crippen LogP contribution in [0, 0.1) is 20.8 Å². The summed E-state index contributed by atoms with van der Waals surface area (Å²) in [5.74, 6) is 0.0204. The lowest BCUT2D eigenvalue weighted by molar-refractivity contribution is -0.142. The average molecular weight is 377 g/mol. The molecule has 1 N–H and O–H groups in total. The molecule has 0 unspecified atom stereocenters.